The fraction of sp³-hybridized carbons (Fsp3) is 0.455. The van der Waals surface area contributed by atoms with Crippen molar-refractivity contribution in [2.75, 3.05) is 6.61 Å². The first kappa shape index (κ1) is 14.1. The Morgan fingerprint density at radius 1 is 1.37 bits per heavy atom. The summed E-state index contributed by atoms with van der Waals surface area (Å²) < 4.78 is 2.97. The van der Waals surface area contributed by atoms with Crippen molar-refractivity contribution in [2.24, 2.45) is 7.05 Å². The van der Waals surface area contributed by atoms with Gasteiger partial charge in [-0.1, -0.05) is 6.32 Å². The first-order valence-electron chi connectivity index (χ1n) is 5.84. The highest BCUT2D eigenvalue weighted by Crippen LogP contribution is 2.18. The Balaban J connectivity index is 2.86. The summed E-state index contributed by atoms with van der Waals surface area (Å²) in [6.07, 6.45) is 0.498. The second-order valence-corrected chi connectivity index (χ2v) is 5.24. The van der Waals surface area contributed by atoms with Crippen molar-refractivity contribution < 1.29 is 5.11 Å². The lowest BCUT2D eigenvalue weighted by atomic mass is 9.90. The summed E-state index contributed by atoms with van der Waals surface area (Å²) >= 11 is 1.19. The number of aromatic nitrogens is 2. The highest BCUT2D eigenvalue weighted by atomic mass is 32.1. The Hall–Kier alpha value is -1.27. The number of aliphatic hydroxyl groups excluding tert-OH is 1. The Kier molecular flexibility index (Phi) is 4.01. The van der Waals surface area contributed by atoms with Gasteiger partial charge in [-0.05, 0) is 16.8 Å². The minimum atomic E-state index is -0.407. The van der Waals surface area contributed by atoms with Crippen LogP contribution in [0.3, 0.4) is 0 Å². The second kappa shape index (κ2) is 5.38. The van der Waals surface area contributed by atoms with Gasteiger partial charge in [0.15, 0.2) is 0 Å². The van der Waals surface area contributed by atoms with Crippen LogP contribution in [0.5, 0.6) is 0 Å². The number of nitrogens with zero attached hydrogens (tertiary/aromatic N) is 2. The van der Waals surface area contributed by atoms with E-state index in [1.165, 1.54) is 15.9 Å². The molecule has 0 bridgehead atoms. The monoisotopic (exact) mass is 274 g/mol. The van der Waals surface area contributed by atoms with E-state index in [-0.39, 0.29) is 25.0 Å². The van der Waals surface area contributed by atoms with Gasteiger partial charge in [-0.2, -0.15) is 0 Å². The van der Waals surface area contributed by atoms with Crippen molar-refractivity contribution in [1.29, 1.82) is 0 Å². The van der Waals surface area contributed by atoms with E-state index in [1.807, 2.05) is 0 Å². The largest absolute Gasteiger partial charge is 0.396 e. The predicted octanol–water partition coefficient (Wildman–Crippen LogP) is -1.39. The maximum Gasteiger partial charge on any atom is 0.331 e. The number of aryl methyl sites for hydroxylation is 1. The second-order valence-electron chi connectivity index (χ2n) is 4.20. The molecule has 1 N–H and O–H groups in total. The van der Waals surface area contributed by atoms with Crippen LogP contribution in [-0.4, -0.2) is 36.5 Å². The molecule has 2 aromatic heterocycles. The van der Waals surface area contributed by atoms with Gasteiger partial charge in [-0.15, -0.1) is 11.3 Å². The average molecular weight is 274 g/mol. The van der Waals surface area contributed by atoms with Gasteiger partial charge in [0.1, 0.15) is 12.7 Å². The molecule has 0 fully saturated rings. The molecule has 4 radical (unpaired) electrons. The van der Waals surface area contributed by atoms with Gasteiger partial charge in [0.05, 0.1) is 13.2 Å². The van der Waals surface area contributed by atoms with Gasteiger partial charge in [0.2, 0.25) is 0 Å². The van der Waals surface area contributed by atoms with Crippen molar-refractivity contribution in [2.45, 2.75) is 19.3 Å². The van der Waals surface area contributed by atoms with Crippen molar-refractivity contribution >= 4 is 42.0 Å². The molecule has 0 spiro atoms. The first-order valence-corrected chi connectivity index (χ1v) is 6.66. The molecule has 5 nitrogen and oxygen atoms in total. The number of thiophene rings is 1. The quantitative estimate of drug-likeness (QED) is 0.698. The minimum absolute atomic E-state index is 0.0802. The van der Waals surface area contributed by atoms with Gasteiger partial charge in [-0.25, -0.2) is 4.79 Å². The van der Waals surface area contributed by atoms with Crippen LogP contribution in [0, 0.1) is 0 Å². The summed E-state index contributed by atoms with van der Waals surface area (Å²) in [5.74, 6) is 0. The standard InChI is InChI=1S/C11H12B2N2O3S/c1-14-10-7(6(5-12)8(13)19-10)9(17)15(11(14)18)3-2-4-16/h16H,2-5H2,1H3. The average Bonchev–Trinajstić information content (AvgIpc) is 2.73. The molecule has 2 heterocycles. The molecule has 19 heavy (non-hydrogen) atoms. The molecule has 0 aliphatic heterocycles. The molecule has 0 saturated carbocycles. The van der Waals surface area contributed by atoms with Crippen LogP contribution in [0.1, 0.15) is 12.0 Å². The summed E-state index contributed by atoms with van der Waals surface area (Å²) in [7, 11) is 13.0. The summed E-state index contributed by atoms with van der Waals surface area (Å²) in [6, 6.07) is 0. The van der Waals surface area contributed by atoms with Crippen LogP contribution in [-0.2, 0) is 19.9 Å². The van der Waals surface area contributed by atoms with E-state index >= 15 is 0 Å². The number of hydrogen-bond donors (Lipinski definition) is 1. The molecule has 0 aromatic carbocycles. The van der Waals surface area contributed by atoms with Crippen molar-refractivity contribution in [3.63, 3.8) is 0 Å². The van der Waals surface area contributed by atoms with Crippen LogP contribution >= 0.6 is 11.3 Å². The normalized spacial score (nSPS) is 11.3. The van der Waals surface area contributed by atoms with Gasteiger partial charge in [0, 0.05) is 20.2 Å². The summed E-state index contributed by atoms with van der Waals surface area (Å²) in [5.41, 5.74) is -0.214. The Bertz CT molecular complexity index is 732. The van der Waals surface area contributed by atoms with Gasteiger partial charge in [-0.3, -0.25) is 13.9 Å². The maximum atomic E-state index is 12.4. The topological polar surface area (TPSA) is 64.2 Å². The predicted molar refractivity (Wildman–Crippen MR) is 77.9 cm³/mol. The third-order valence-corrected chi connectivity index (χ3v) is 4.18. The van der Waals surface area contributed by atoms with E-state index in [2.05, 4.69) is 0 Å². The van der Waals surface area contributed by atoms with E-state index in [1.54, 1.807) is 7.05 Å². The van der Waals surface area contributed by atoms with Gasteiger partial charge < -0.3 is 5.11 Å². The number of fused-ring (bicyclic) bond motifs is 1. The van der Waals surface area contributed by atoms with Gasteiger partial charge >= 0.3 is 5.69 Å². The lowest BCUT2D eigenvalue weighted by Gasteiger charge is -2.08. The molecule has 8 heteroatoms. The molecule has 0 unspecified atom stereocenters. The zero-order valence-electron chi connectivity index (χ0n) is 10.5. The highest BCUT2D eigenvalue weighted by molar-refractivity contribution is 7.26. The molecule has 2 rings (SSSR count). The minimum Gasteiger partial charge on any atom is -0.396 e. The third-order valence-electron chi connectivity index (χ3n) is 3.05. The van der Waals surface area contributed by atoms with E-state index in [4.69, 9.17) is 20.8 Å². The molecule has 0 amide bonds. The maximum absolute atomic E-state index is 12.4. The van der Waals surface area contributed by atoms with Crippen molar-refractivity contribution in [3.8, 4) is 0 Å². The smallest absolute Gasteiger partial charge is 0.331 e. The number of aliphatic hydroxyl groups is 1. The van der Waals surface area contributed by atoms with Gasteiger partial charge in [0.25, 0.3) is 5.56 Å². The summed E-state index contributed by atoms with van der Waals surface area (Å²) in [5, 5.41) is 9.24. The Morgan fingerprint density at radius 3 is 2.63 bits per heavy atom. The van der Waals surface area contributed by atoms with Crippen molar-refractivity contribution in [1.82, 2.24) is 9.13 Å². The van der Waals surface area contributed by atoms with Crippen LogP contribution in [0.25, 0.3) is 10.2 Å². The van der Waals surface area contributed by atoms with Crippen LogP contribution in [0.15, 0.2) is 9.59 Å². The van der Waals surface area contributed by atoms with E-state index in [9.17, 15) is 9.59 Å². The molecule has 2 aromatic rings. The summed E-state index contributed by atoms with van der Waals surface area (Å²) in [4.78, 5) is 25.0. The van der Waals surface area contributed by atoms with E-state index < -0.39 is 5.69 Å². The summed E-state index contributed by atoms with van der Waals surface area (Å²) in [6.45, 7) is 0.0981. The molecular formula is C11H12B2N2O3S. The van der Waals surface area contributed by atoms with Crippen LogP contribution < -0.4 is 16.0 Å². The molecule has 0 aliphatic carbocycles. The zero-order chi connectivity index (χ0) is 14.2. The molecular weight excluding hydrogens is 262 g/mol. The van der Waals surface area contributed by atoms with Crippen LogP contribution in [0.4, 0.5) is 0 Å². The third kappa shape index (κ3) is 2.19. The fourth-order valence-electron chi connectivity index (χ4n) is 2.04. The molecule has 0 saturated heterocycles. The van der Waals surface area contributed by atoms with Crippen LogP contribution in [0.2, 0.25) is 0 Å². The van der Waals surface area contributed by atoms with Crippen molar-refractivity contribution in [3.05, 3.63) is 26.4 Å². The number of hydrogen-bond acceptors (Lipinski definition) is 4. The lowest BCUT2D eigenvalue weighted by Crippen LogP contribution is -2.39. The molecule has 0 aliphatic rings. The fourth-order valence-corrected chi connectivity index (χ4v) is 3.09. The Labute approximate surface area is 116 Å². The lowest BCUT2D eigenvalue weighted by molar-refractivity contribution is 0.277. The Morgan fingerprint density at radius 2 is 2.05 bits per heavy atom. The van der Waals surface area contributed by atoms with E-state index in [0.29, 0.717) is 27.0 Å². The molecule has 0 atom stereocenters. The first-order chi connectivity index (χ1) is 9.02. The zero-order valence-corrected chi connectivity index (χ0v) is 11.4. The molecule has 96 valence electrons. The number of rotatable bonds is 4. The highest BCUT2D eigenvalue weighted by Gasteiger charge is 2.17. The van der Waals surface area contributed by atoms with E-state index in [0.717, 1.165) is 4.57 Å². The SMILES string of the molecule is [B]Cc1c([B])sc2c1c(=O)n(CCCO)c(=O)n2C.